The normalized spacial score (nSPS) is 14.9. The maximum Gasteiger partial charge on any atom is 0.407 e. The number of carbonyl (C=O) groups is 3. The van der Waals surface area contributed by atoms with Crippen molar-refractivity contribution in [3.05, 3.63) is 35.6 Å². The standard InChI is InChI=1S/C22H32FN3O4/c1-22(2,3)30-21(29)24-13-10-20(28)26-14-11-17(12-15-26)25-19(27)9-8-16-6-4-5-7-18(16)23/h4-7,17H,8-15H2,1-3H3,(H,24,29)(H,25,27). The van der Waals surface area contributed by atoms with E-state index >= 15 is 0 Å². The molecule has 0 spiro atoms. The molecule has 7 nitrogen and oxygen atoms in total. The summed E-state index contributed by atoms with van der Waals surface area (Å²) in [6.07, 6.45) is 1.62. The summed E-state index contributed by atoms with van der Waals surface area (Å²) in [4.78, 5) is 37.8. The summed E-state index contributed by atoms with van der Waals surface area (Å²) in [7, 11) is 0. The molecule has 8 heteroatoms. The summed E-state index contributed by atoms with van der Waals surface area (Å²) in [5.41, 5.74) is -0.0385. The van der Waals surface area contributed by atoms with Crippen molar-refractivity contribution in [3.63, 3.8) is 0 Å². The molecule has 0 radical (unpaired) electrons. The predicted octanol–water partition coefficient (Wildman–Crippen LogP) is 2.78. The number of nitrogens with one attached hydrogen (secondary N) is 2. The van der Waals surface area contributed by atoms with Crippen LogP contribution in [0.1, 0.15) is 52.0 Å². The molecule has 0 unspecified atom stereocenters. The van der Waals surface area contributed by atoms with Crippen molar-refractivity contribution in [3.8, 4) is 0 Å². The zero-order chi connectivity index (χ0) is 22.1. The van der Waals surface area contributed by atoms with Crippen molar-refractivity contribution in [1.29, 1.82) is 0 Å². The number of likely N-dealkylation sites (tertiary alicyclic amines) is 1. The first-order valence-corrected chi connectivity index (χ1v) is 10.4. The largest absolute Gasteiger partial charge is 0.444 e. The summed E-state index contributed by atoms with van der Waals surface area (Å²) < 4.78 is 18.8. The Kier molecular flexibility index (Phi) is 8.62. The minimum atomic E-state index is -0.574. The molecule has 166 valence electrons. The van der Waals surface area contributed by atoms with Crippen LogP contribution in [0.5, 0.6) is 0 Å². The summed E-state index contributed by atoms with van der Waals surface area (Å²) in [6.45, 7) is 6.68. The lowest BCUT2D eigenvalue weighted by Gasteiger charge is -2.32. The quantitative estimate of drug-likeness (QED) is 0.709. The third-order valence-electron chi connectivity index (χ3n) is 4.80. The van der Waals surface area contributed by atoms with Gasteiger partial charge in [-0.15, -0.1) is 0 Å². The third-order valence-corrected chi connectivity index (χ3v) is 4.80. The van der Waals surface area contributed by atoms with Crippen molar-refractivity contribution in [2.45, 2.75) is 64.5 Å². The highest BCUT2D eigenvalue weighted by Gasteiger charge is 2.24. The molecule has 0 atom stereocenters. The van der Waals surface area contributed by atoms with Crippen molar-refractivity contribution in [2.24, 2.45) is 0 Å². The summed E-state index contributed by atoms with van der Waals surface area (Å²) in [5.74, 6) is -0.432. The van der Waals surface area contributed by atoms with Crippen LogP contribution in [0.15, 0.2) is 24.3 Å². The maximum absolute atomic E-state index is 13.6. The van der Waals surface area contributed by atoms with E-state index < -0.39 is 11.7 Å². The molecular formula is C22H32FN3O4. The van der Waals surface area contributed by atoms with Crippen molar-refractivity contribution >= 4 is 17.9 Å². The Hall–Kier alpha value is -2.64. The van der Waals surface area contributed by atoms with Gasteiger partial charge in [0, 0.05) is 38.5 Å². The third kappa shape index (κ3) is 8.39. The van der Waals surface area contributed by atoms with Gasteiger partial charge in [0.25, 0.3) is 0 Å². The molecule has 2 rings (SSSR count). The highest BCUT2D eigenvalue weighted by Crippen LogP contribution is 2.13. The SMILES string of the molecule is CC(C)(C)OC(=O)NCCC(=O)N1CCC(NC(=O)CCc2ccccc2F)CC1. The van der Waals surface area contributed by atoms with Gasteiger partial charge in [0.2, 0.25) is 11.8 Å². The number of piperidine rings is 1. The smallest absolute Gasteiger partial charge is 0.407 e. The van der Waals surface area contributed by atoms with E-state index in [1.54, 1.807) is 43.9 Å². The van der Waals surface area contributed by atoms with Gasteiger partial charge in [-0.1, -0.05) is 18.2 Å². The molecule has 1 aromatic rings. The Balaban J connectivity index is 1.63. The number of halogens is 1. The number of benzene rings is 1. The molecule has 0 aromatic heterocycles. The van der Waals surface area contributed by atoms with Gasteiger partial charge in [-0.2, -0.15) is 0 Å². The summed E-state index contributed by atoms with van der Waals surface area (Å²) >= 11 is 0. The van der Waals surface area contributed by atoms with Gasteiger partial charge in [-0.3, -0.25) is 9.59 Å². The van der Waals surface area contributed by atoms with E-state index in [1.807, 2.05) is 0 Å². The molecule has 1 aliphatic rings. The number of carbonyl (C=O) groups excluding carboxylic acids is 3. The van der Waals surface area contributed by atoms with Crippen molar-refractivity contribution in [2.75, 3.05) is 19.6 Å². The number of hydrogen-bond donors (Lipinski definition) is 2. The molecule has 2 N–H and O–H groups in total. The van der Waals surface area contributed by atoms with E-state index in [9.17, 15) is 18.8 Å². The van der Waals surface area contributed by atoms with Gasteiger partial charge in [-0.05, 0) is 51.7 Å². The molecule has 1 heterocycles. The Morgan fingerprint density at radius 1 is 1.13 bits per heavy atom. The van der Waals surface area contributed by atoms with Crippen LogP contribution in [0, 0.1) is 5.82 Å². The summed E-state index contributed by atoms with van der Waals surface area (Å²) in [6, 6.07) is 6.48. The highest BCUT2D eigenvalue weighted by atomic mass is 19.1. The Morgan fingerprint density at radius 2 is 1.80 bits per heavy atom. The van der Waals surface area contributed by atoms with Crippen LogP contribution in [0.2, 0.25) is 0 Å². The highest BCUT2D eigenvalue weighted by molar-refractivity contribution is 5.78. The van der Waals surface area contributed by atoms with Gasteiger partial charge in [0.05, 0.1) is 0 Å². The van der Waals surface area contributed by atoms with Gasteiger partial charge in [0.1, 0.15) is 11.4 Å². The number of alkyl carbamates (subject to hydrolysis) is 1. The Bertz CT molecular complexity index is 740. The van der Waals surface area contributed by atoms with Crippen LogP contribution in [0.25, 0.3) is 0 Å². The van der Waals surface area contributed by atoms with Crippen LogP contribution in [-0.2, 0) is 20.7 Å². The minimum Gasteiger partial charge on any atom is -0.444 e. The zero-order valence-electron chi connectivity index (χ0n) is 18.0. The fourth-order valence-corrected chi connectivity index (χ4v) is 3.27. The van der Waals surface area contributed by atoms with Crippen molar-refractivity contribution < 1.29 is 23.5 Å². The van der Waals surface area contributed by atoms with Crippen LogP contribution in [0.4, 0.5) is 9.18 Å². The van der Waals surface area contributed by atoms with Crippen LogP contribution in [0.3, 0.4) is 0 Å². The lowest BCUT2D eigenvalue weighted by atomic mass is 10.0. The average Bonchev–Trinajstić information content (AvgIpc) is 2.66. The van der Waals surface area contributed by atoms with Crippen LogP contribution in [-0.4, -0.2) is 54.1 Å². The van der Waals surface area contributed by atoms with Crippen LogP contribution >= 0.6 is 0 Å². The number of aryl methyl sites for hydroxylation is 1. The number of ether oxygens (including phenoxy) is 1. The number of nitrogens with zero attached hydrogens (tertiary/aromatic N) is 1. The second kappa shape index (κ2) is 10.9. The Labute approximate surface area is 177 Å². The average molecular weight is 422 g/mol. The summed E-state index contributed by atoms with van der Waals surface area (Å²) in [5, 5.41) is 5.56. The Morgan fingerprint density at radius 3 is 2.43 bits per heavy atom. The first-order valence-electron chi connectivity index (χ1n) is 10.4. The van der Waals surface area contributed by atoms with E-state index in [-0.39, 0.29) is 43.1 Å². The monoisotopic (exact) mass is 421 g/mol. The first-order chi connectivity index (χ1) is 14.1. The van der Waals surface area contributed by atoms with E-state index in [0.717, 1.165) is 0 Å². The van der Waals surface area contributed by atoms with E-state index in [2.05, 4.69) is 10.6 Å². The maximum atomic E-state index is 13.6. The van der Waals surface area contributed by atoms with Crippen LogP contribution < -0.4 is 10.6 Å². The molecule has 0 aliphatic carbocycles. The van der Waals surface area contributed by atoms with E-state index in [1.165, 1.54) is 6.07 Å². The molecule has 1 aliphatic heterocycles. The lowest BCUT2D eigenvalue weighted by molar-refractivity contribution is -0.132. The van der Waals surface area contributed by atoms with E-state index in [4.69, 9.17) is 4.74 Å². The minimum absolute atomic E-state index is 0.0158. The van der Waals surface area contributed by atoms with E-state index in [0.29, 0.717) is 37.9 Å². The number of rotatable bonds is 7. The van der Waals surface area contributed by atoms with Gasteiger partial charge in [0.15, 0.2) is 0 Å². The molecule has 30 heavy (non-hydrogen) atoms. The molecular weight excluding hydrogens is 389 g/mol. The predicted molar refractivity (Wildman–Crippen MR) is 111 cm³/mol. The van der Waals surface area contributed by atoms with Gasteiger partial charge >= 0.3 is 6.09 Å². The van der Waals surface area contributed by atoms with Gasteiger partial charge < -0.3 is 20.3 Å². The molecule has 0 saturated carbocycles. The number of amides is 3. The van der Waals surface area contributed by atoms with Gasteiger partial charge in [-0.25, -0.2) is 9.18 Å². The fraction of sp³-hybridized carbons (Fsp3) is 0.591. The lowest BCUT2D eigenvalue weighted by Crippen LogP contribution is -2.47. The van der Waals surface area contributed by atoms with Crippen molar-refractivity contribution in [1.82, 2.24) is 15.5 Å². The first kappa shape index (κ1) is 23.6. The molecule has 3 amide bonds. The zero-order valence-corrected chi connectivity index (χ0v) is 18.0. The second-order valence-corrected chi connectivity index (χ2v) is 8.49. The molecule has 1 saturated heterocycles. The second-order valence-electron chi connectivity index (χ2n) is 8.49. The topological polar surface area (TPSA) is 87.7 Å². The molecule has 1 fully saturated rings. The molecule has 1 aromatic carbocycles. The molecule has 0 bridgehead atoms. The number of hydrogen-bond acceptors (Lipinski definition) is 4. The fourth-order valence-electron chi connectivity index (χ4n) is 3.27.